The molecule has 5 aromatic rings. The van der Waals surface area contributed by atoms with E-state index < -0.39 is 7.92 Å². The van der Waals surface area contributed by atoms with Crippen molar-refractivity contribution in [1.29, 1.82) is 5.41 Å². The van der Waals surface area contributed by atoms with Crippen molar-refractivity contribution in [2.75, 3.05) is 0 Å². The van der Waals surface area contributed by atoms with Gasteiger partial charge in [-0.3, -0.25) is 5.41 Å². The van der Waals surface area contributed by atoms with E-state index in [4.69, 9.17) is 0 Å². The molecule has 0 spiro atoms. The molecule has 5 aromatic carbocycles. The van der Waals surface area contributed by atoms with E-state index in [-0.39, 0.29) is 5.82 Å². The molecule has 1 aliphatic heterocycles. The molecule has 7 rings (SSSR count). The predicted octanol–water partition coefficient (Wildman–Crippen LogP) is 7.87. The Hall–Kier alpha value is -4.59. The molecule has 1 aliphatic carbocycles. The van der Waals surface area contributed by atoms with E-state index in [1.165, 1.54) is 22.0 Å². The van der Waals surface area contributed by atoms with Gasteiger partial charge >= 0.3 is 0 Å². The Kier molecular flexibility index (Phi) is 7.11. The highest BCUT2D eigenvalue weighted by molar-refractivity contribution is 7.79. The first kappa shape index (κ1) is 26.3. The van der Waals surface area contributed by atoms with Gasteiger partial charge in [0.1, 0.15) is 5.82 Å². The molecule has 204 valence electrons. The molecular formula is C38H30FN2P. The molecule has 0 aromatic heterocycles. The Morgan fingerprint density at radius 3 is 1.83 bits per heavy atom. The summed E-state index contributed by atoms with van der Waals surface area (Å²) in [6, 6.07) is 44.9. The summed E-state index contributed by atoms with van der Waals surface area (Å²) in [5.74, 6) is 0.207. The first-order valence-electron chi connectivity index (χ1n) is 14.3. The lowest BCUT2D eigenvalue weighted by molar-refractivity contribution is 0.627. The quantitative estimate of drug-likeness (QED) is 0.153. The molecule has 0 amide bonds. The molecule has 1 fully saturated rings. The van der Waals surface area contributed by atoms with Crippen LogP contribution in [0.25, 0.3) is 17.3 Å². The van der Waals surface area contributed by atoms with Gasteiger partial charge in [0, 0.05) is 22.4 Å². The molecule has 0 atom stereocenters. The SMILES string of the molecule is N=C(/C(=C1\NC(C2CC2)=Cc2cc(F)ccc21)c1ccccc1)c1ccc(P(c2ccccc2)c2ccccc2)cc1. The second-order valence-corrected chi connectivity index (χ2v) is 13.0. The van der Waals surface area contributed by atoms with Crippen LogP contribution in [0, 0.1) is 17.1 Å². The van der Waals surface area contributed by atoms with Crippen molar-refractivity contribution in [3.05, 3.63) is 167 Å². The van der Waals surface area contributed by atoms with Crippen LogP contribution in [-0.2, 0) is 0 Å². The molecule has 2 nitrogen and oxygen atoms in total. The van der Waals surface area contributed by atoms with E-state index in [9.17, 15) is 9.80 Å². The maximum absolute atomic E-state index is 14.4. The number of rotatable bonds is 7. The van der Waals surface area contributed by atoms with Crippen molar-refractivity contribution in [3.8, 4) is 0 Å². The van der Waals surface area contributed by atoms with Crippen molar-refractivity contribution in [2.45, 2.75) is 12.8 Å². The Labute approximate surface area is 247 Å². The fraction of sp³-hybridized carbons (Fsp3) is 0.0789. The number of hydrogen-bond donors (Lipinski definition) is 2. The van der Waals surface area contributed by atoms with Gasteiger partial charge in [-0.25, -0.2) is 4.39 Å². The van der Waals surface area contributed by atoms with E-state index in [1.807, 2.05) is 24.3 Å². The minimum atomic E-state index is -0.731. The van der Waals surface area contributed by atoms with Crippen molar-refractivity contribution >= 4 is 46.9 Å². The van der Waals surface area contributed by atoms with Gasteiger partial charge < -0.3 is 5.32 Å². The minimum Gasteiger partial charge on any atom is -0.358 e. The van der Waals surface area contributed by atoms with Crippen LogP contribution in [0.1, 0.15) is 35.1 Å². The van der Waals surface area contributed by atoms with E-state index >= 15 is 0 Å². The van der Waals surface area contributed by atoms with Gasteiger partial charge in [-0.05, 0) is 78.0 Å². The number of allylic oxidation sites excluding steroid dienone is 2. The smallest absolute Gasteiger partial charge is 0.123 e. The van der Waals surface area contributed by atoms with Crippen LogP contribution in [0.2, 0.25) is 0 Å². The standard InChI is InChI=1S/C38H30FN2P/c39-30-20-23-34-29(24-30)25-35(26-16-17-26)41-38(34)36(27-10-4-1-5-11-27)37(40)28-18-21-33(22-19-28)42(31-12-6-2-7-13-31)32-14-8-3-9-15-32/h1-15,18-26,40-41H,16-17H2/b38-36-,40-37?. The zero-order chi connectivity index (χ0) is 28.5. The maximum atomic E-state index is 14.4. The van der Waals surface area contributed by atoms with Crippen LogP contribution in [0.15, 0.2) is 139 Å². The molecular weight excluding hydrogens is 534 g/mol. The molecule has 2 aliphatic rings. The van der Waals surface area contributed by atoms with Crippen LogP contribution in [0.3, 0.4) is 0 Å². The molecule has 1 saturated carbocycles. The largest absolute Gasteiger partial charge is 0.358 e. The van der Waals surface area contributed by atoms with Crippen LogP contribution in [0.5, 0.6) is 0 Å². The lowest BCUT2D eigenvalue weighted by Crippen LogP contribution is -2.22. The normalized spacial score (nSPS) is 15.4. The summed E-state index contributed by atoms with van der Waals surface area (Å²) in [4.78, 5) is 0. The van der Waals surface area contributed by atoms with Crippen molar-refractivity contribution < 1.29 is 4.39 Å². The maximum Gasteiger partial charge on any atom is 0.123 e. The first-order chi connectivity index (χ1) is 20.7. The fourth-order valence-corrected chi connectivity index (χ4v) is 7.93. The average molecular weight is 565 g/mol. The lowest BCUT2D eigenvalue weighted by atomic mass is 9.88. The van der Waals surface area contributed by atoms with E-state index in [2.05, 4.69) is 108 Å². The molecule has 1 heterocycles. The monoisotopic (exact) mass is 564 g/mol. The van der Waals surface area contributed by atoms with Gasteiger partial charge in [0.15, 0.2) is 0 Å². The Morgan fingerprint density at radius 2 is 1.24 bits per heavy atom. The fourth-order valence-electron chi connectivity index (χ4n) is 5.65. The topological polar surface area (TPSA) is 35.9 Å². The minimum absolute atomic E-state index is 0.248. The Balaban J connectivity index is 1.33. The summed E-state index contributed by atoms with van der Waals surface area (Å²) >= 11 is 0. The van der Waals surface area contributed by atoms with Crippen molar-refractivity contribution in [1.82, 2.24) is 5.32 Å². The molecule has 0 saturated heterocycles. The zero-order valence-corrected chi connectivity index (χ0v) is 24.0. The van der Waals surface area contributed by atoms with Gasteiger partial charge in [0.05, 0.1) is 11.4 Å². The van der Waals surface area contributed by atoms with Crippen molar-refractivity contribution in [2.24, 2.45) is 5.92 Å². The van der Waals surface area contributed by atoms with Crippen LogP contribution in [0.4, 0.5) is 4.39 Å². The molecule has 2 N–H and O–H groups in total. The highest BCUT2D eigenvalue weighted by atomic mass is 31.1. The summed E-state index contributed by atoms with van der Waals surface area (Å²) in [6.45, 7) is 0. The third-order valence-corrected chi connectivity index (χ3v) is 10.3. The van der Waals surface area contributed by atoms with Gasteiger partial charge in [-0.1, -0.05) is 115 Å². The number of halogens is 1. The van der Waals surface area contributed by atoms with Gasteiger partial charge in [0.2, 0.25) is 0 Å². The summed E-state index contributed by atoms with van der Waals surface area (Å²) in [5.41, 5.74) is 6.80. The predicted molar refractivity (Wildman–Crippen MR) is 175 cm³/mol. The second-order valence-electron chi connectivity index (χ2n) is 10.8. The van der Waals surface area contributed by atoms with E-state index in [1.54, 1.807) is 6.07 Å². The van der Waals surface area contributed by atoms with Crippen LogP contribution < -0.4 is 21.2 Å². The van der Waals surface area contributed by atoms with Crippen LogP contribution in [-0.4, -0.2) is 5.71 Å². The third kappa shape index (κ3) is 5.24. The Bertz CT molecular complexity index is 1770. The lowest BCUT2D eigenvalue weighted by Gasteiger charge is -2.26. The van der Waals surface area contributed by atoms with E-state index in [0.717, 1.165) is 52.1 Å². The Morgan fingerprint density at radius 1 is 0.667 bits per heavy atom. The number of benzene rings is 5. The van der Waals surface area contributed by atoms with Crippen LogP contribution >= 0.6 is 7.92 Å². The molecule has 0 radical (unpaired) electrons. The highest BCUT2D eigenvalue weighted by Gasteiger charge is 2.31. The third-order valence-electron chi connectivity index (χ3n) is 7.89. The summed E-state index contributed by atoms with van der Waals surface area (Å²) < 4.78 is 14.4. The molecule has 4 heteroatoms. The first-order valence-corrected chi connectivity index (χ1v) is 15.7. The van der Waals surface area contributed by atoms with Gasteiger partial charge in [-0.2, -0.15) is 0 Å². The zero-order valence-electron chi connectivity index (χ0n) is 23.1. The average Bonchev–Trinajstić information content (AvgIpc) is 3.89. The highest BCUT2D eigenvalue weighted by Crippen LogP contribution is 2.42. The number of nitrogens with one attached hydrogen (secondary N) is 2. The molecule has 0 unspecified atom stereocenters. The molecule has 0 bridgehead atoms. The summed E-state index contributed by atoms with van der Waals surface area (Å²) in [5, 5.41) is 17.1. The second kappa shape index (κ2) is 11.4. The van der Waals surface area contributed by atoms with Gasteiger partial charge in [-0.15, -0.1) is 0 Å². The molecule has 42 heavy (non-hydrogen) atoms. The number of fused-ring (bicyclic) bond motifs is 1. The van der Waals surface area contributed by atoms with Gasteiger partial charge in [0.25, 0.3) is 0 Å². The summed E-state index contributed by atoms with van der Waals surface area (Å²) in [6.07, 6.45) is 4.33. The number of hydrogen-bond acceptors (Lipinski definition) is 2. The van der Waals surface area contributed by atoms with E-state index in [0.29, 0.717) is 11.6 Å². The van der Waals surface area contributed by atoms with Crippen molar-refractivity contribution in [3.63, 3.8) is 0 Å². The summed E-state index contributed by atoms with van der Waals surface area (Å²) in [7, 11) is -0.731.